The molecule has 0 aromatic heterocycles. The number of nitrogens with two attached hydrogens (primary N) is 1. The van der Waals surface area contributed by atoms with E-state index in [0.29, 0.717) is 31.9 Å². The Morgan fingerprint density at radius 3 is 2.50 bits per heavy atom. The van der Waals surface area contributed by atoms with Crippen LogP contribution in [0.15, 0.2) is 29.2 Å². The van der Waals surface area contributed by atoms with Crippen LogP contribution in [0, 0.1) is 0 Å². The van der Waals surface area contributed by atoms with Gasteiger partial charge < -0.3 is 10.2 Å². The van der Waals surface area contributed by atoms with Crippen LogP contribution in [0.2, 0.25) is 0 Å². The highest BCUT2D eigenvalue weighted by atomic mass is 32.2. The Balaban J connectivity index is 2.51. The van der Waals surface area contributed by atoms with Crippen molar-refractivity contribution in [3.63, 3.8) is 0 Å². The standard InChI is InChI=1S/C11H19N3O3S/c1-2-17-9-3-8-13-18(15,16)11-6-4-10(14-12)5-7-11/h4-7,13-14H,2-3,8-9,12H2,1H3. The lowest BCUT2D eigenvalue weighted by Crippen LogP contribution is -2.25. The van der Waals surface area contributed by atoms with Crippen LogP contribution in [0.4, 0.5) is 5.69 Å². The second-order valence-corrected chi connectivity index (χ2v) is 5.38. The summed E-state index contributed by atoms with van der Waals surface area (Å²) in [5, 5.41) is 0. The van der Waals surface area contributed by atoms with Crippen LogP contribution in [-0.4, -0.2) is 28.2 Å². The molecular formula is C11H19N3O3S. The quantitative estimate of drug-likeness (QED) is 0.368. The van der Waals surface area contributed by atoms with Gasteiger partial charge >= 0.3 is 0 Å². The fourth-order valence-electron chi connectivity index (χ4n) is 1.34. The molecule has 6 nitrogen and oxygen atoms in total. The predicted octanol–water partition coefficient (Wildman–Crippen LogP) is 0.677. The van der Waals surface area contributed by atoms with Crippen molar-refractivity contribution in [3.05, 3.63) is 24.3 Å². The average molecular weight is 273 g/mol. The van der Waals surface area contributed by atoms with Crippen molar-refractivity contribution >= 4 is 15.7 Å². The Morgan fingerprint density at radius 2 is 1.94 bits per heavy atom. The Morgan fingerprint density at radius 1 is 1.28 bits per heavy atom. The van der Waals surface area contributed by atoms with Crippen molar-refractivity contribution in [1.29, 1.82) is 0 Å². The first-order chi connectivity index (χ1) is 8.60. The molecule has 0 atom stereocenters. The molecule has 1 aromatic carbocycles. The molecule has 0 saturated heterocycles. The minimum Gasteiger partial charge on any atom is -0.382 e. The van der Waals surface area contributed by atoms with E-state index in [1.807, 2.05) is 6.92 Å². The van der Waals surface area contributed by atoms with Crippen LogP contribution in [0.3, 0.4) is 0 Å². The van der Waals surface area contributed by atoms with E-state index in [4.69, 9.17) is 10.6 Å². The lowest BCUT2D eigenvalue weighted by atomic mass is 10.3. The smallest absolute Gasteiger partial charge is 0.240 e. The first-order valence-corrected chi connectivity index (χ1v) is 7.22. The highest BCUT2D eigenvalue weighted by Gasteiger charge is 2.12. The van der Waals surface area contributed by atoms with Gasteiger partial charge in [0.2, 0.25) is 10.0 Å². The van der Waals surface area contributed by atoms with Crippen molar-refractivity contribution < 1.29 is 13.2 Å². The molecule has 1 aromatic rings. The van der Waals surface area contributed by atoms with Crippen LogP contribution in [-0.2, 0) is 14.8 Å². The zero-order chi connectivity index (χ0) is 13.4. The molecule has 0 radical (unpaired) electrons. The van der Waals surface area contributed by atoms with Crippen molar-refractivity contribution in [2.75, 3.05) is 25.2 Å². The number of hydrogen-bond donors (Lipinski definition) is 3. The van der Waals surface area contributed by atoms with E-state index in [1.54, 1.807) is 12.1 Å². The van der Waals surface area contributed by atoms with Gasteiger partial charge in [0.05, 0.1) is 4.90 Å². The van der Waals surface area contributed by atoms with Crippen molar-refractivity contribution in [1.82, 2.24) is 4.72 Å². The maximum absolute atomic E-state index is 11.9. The van der Waals surface area contributed by atoms with Gasteiger partial charge in [-0.2, -0.15) is 0 Å². The number of nitrogen functional groups attached to an aromatic ring is 1. The number of hydrogen-bond acceptors (Lipinski definition) is 5. The molecule has 0 unspecified atom stereocenters. The van der Waals surface area contributed by atoms with Crippen molar-refractivity contribution in [2.24, 2.45) is 5.84 Å². The van der Waals surface area contributed by atoms with Crippen LogP contribution < -0.4 is 16.0 Å². The third-order valence-electron chi connectivity index (χ3n) is 2.29. The number of nitrogens with one attached hydrogen (secondary N) is 2. The van der Waals surface area contributed by atoms with Gasteiger partial charge in [-0.05, 0) is 37.6 Å². The van der Waals surface area contributed by atoms with Gasteiger partial charge in [-0.25, -0.2) is 13.1 Å². The van der Waals surface area contributed by atoms with Crippen LogP contribution >= 0.6 is 0 Å². The van der Waals surface area contributed by atoms with E-state index in [-0.39, 0.29) is 4.90 Å². The van der Waals surface area contributed by atoms with Crippen molar-refractivity contribution in [3.8, 4) is 0 Å². The molecular weight excluding hydrogens is 254 g/mol. The van der Waals surface area contributed by atoms with E-state index in [1.165, 1.54) is 12.1 Å². The molecule has 0 bridgehead atoms. The van der Waals surface area contributed by atoms with Gasteiger partial charge in [0.25, 0.3) is 0 Å². The average Bonchev–Trinajstić information content (AvgIpc) is 2.38. The van der Waals surface area contributed by atoms with Gasteiger partial charge in [-0.1, -0.05) is 0 Å². The Bertz CT molecular complexity index is 445. The van der Waals surface area contributed by atoms with E-state index in [0.717, 1.165) is 0 Å². The normalized spacial score (nSPS) is 11.4. The molecule has 0 fully saturated rings. The zero-order valence-corrected chi connectivity index (χ0v) is 11.2. The maximum atomic E-state index is 11.9. The van der Waals surface area contributed by atoms with E-state index in [9.17, 15) is 8.42 Å². The molecule has 102 valence electrons. The summed E-state index contributed by atoms with van der Waals surface area (Å²) in [5.41, 5.74) is 3.10. The molecule has 4 N–H and O–H groups in total. The number of benzene rings is 1. The minimum atomic E-state index is -3.45. The fourth-order valence-corrected chi connectivity index (χ4v) is 2.41. The van der Waals surface area contributed by atoms with E-state index in [2.05, 4.69) is 10.1 Å². The number of ether oxygens (including phenoxy) is 1. The molecule has 0 aliphatic carbocycles. The summed E-state index contributed by atoms with van der Waals surface area (Å²) >= 11 is 0. The summed E-state index contributed by atoms with van der Waals surface area (Å²) in [6.45, 7) is 3.45. The van der Waals surface area contributed by atoms with E-state index < -0.39 is 10.0 Å². The summed E-state index contributed by atoms with van der Waals surface area (Å²) in [7, 11) is -3.45. The molecule has 0 saturated carbocycles. The Kier molecular flexibility index (Phi) is 6.06. The summed E-state index contributed by atoms with van der Waals surface area (Å²) in [4.78, 5) is 0.220. The number of sulfonamides is 1. The molecule has 1 rings (SSSR count). The maximum Gasteiger partial charge on any atom is 0.240 e. The van der Waals surface area contributed by atoms with Gasteiger partial charge in [0.15, 0.2) is 0 Å². The number of anilines is 1. The topological polar surface area (TPSA) is 93.4 Å². The van der Waals surface area contributed by atoms with Crippen LogP contribution in [0.5, 0.6) is 0 Å². The first kappa shape index (κ1) is 14.9. The molecule has 0 aliphatic heterocycles. The second kappa shape index (κ2) is 7.32. The monoisotopic (exact) mass is 273 g/mol. The van der Waals surface area contributed by atoms with Gasteiger partial charge in [-0.3, -0.25) is 5.84 Å². The molecule has 0 aliphatic rings. The van der Waals surface area contributed by atoms with Gasteiger partial charge in [0.1, 0.15) is 0 Å². The minimum absolute atomic E-state index is 0.220. The highest BCUT2D eigenvalue weighted by molar-refractivity contribution is 7.89. The summed E-state index contributed by atoms with van der Waals surface area (Å²) in [6, 6.07) is 6.21. The fraction of sp³-hybridized carbons (Fsp3) is 0.455. The summed E-state index contributed by atoms with van der Waals surface area (Å²) in [6.07, 6.45) is 0.648. The van der Waals surface area contributed by atoms with Crippen molar-refractivity contribution in [2.45, 2.75) is 18.2 Å². The number of hydrazine groups is 1. The van der Waals surface area contributed by atoms with Crippen LogP contribution in [0.1, 0.15) is 13.3 Å². The van der Waals surface area contributed by atoms with Crippen LogP contribution in [0.25, 0.3) is 0 Å². The predicted molar refractivity (Wildman–Crippen MR) is 70.6 cm³/mol. The summed E-state index contributed by atoms with van der Waals surface area (Å²) < 4.78 is 31.4. The lowest BCUT2D eigenvalue weighted by Gasteiger charge is -2.07. The second-order valence-electron chi connectivity index (χ2n) is 3.62. The zero-order valence-electron chi connectivity index (χ0n) is 10.3. The Hall–Kier alpha value is -1.15. The number of rotatable bonds is 8. The third kappa shape index (κ3) is 4.61. The molecule has 0 heterocycles. The van der Waals surface area contributed by atoms with Gasteiger partial charge in [-0.15, -0.1) is 0 Å². The largest absolute Gasteiger partial charge is 0.382 e. The highest BCUT2D eigenvalue weighted by Crippen LogP contribution is 2.12. The molecule has 0 amide bonds. The Labute approximate surface area is 108 Å². The molecule has 7 heteroatoms. The molecule has 0 spiro atoms. The van der Waals surface area contributed by atoms with E-state index >= 15 is 0 Å². The molecule has 18 heavy (non-hydrogen) atoms. The lowest BCUT2D eigenvalue weighted by molar-refractivity contribution is 0.146. The first-order valence-electron chi connectivity index (χ1n) is 5.74. The SMILES string of the molecule is CCOCCCNS(=O)(=O)c1ccc(NN)cc1. The third-order valence-corrected chi connectivity index (χ3v) is 3.77. The van der Waals surface area contributed by atoms with Gasteiger partial charge in [0, 0.05) is 25.4 Å². The summed E-state index contributed by atoms with van der Waals surface area (Å²) in [5.74, 6) is 5.21.